The molecular weight excluding hydrogens is 262 g/mol. The quantitative estimate of drug-likeness (QED) is 0.897. The second-order valence-corrected chi connectivity index (χ2v) is 5.08. The van der Waals surface area contributed by atoms with Crippen LogP contribution >= 0.6 is 11.3 Å². The second kappa shape index (κ2) is 5.27. The van der Waals surface area contributed by atoms with E-state index < -0.39 is 0 Å². The van der Waals surface area contributed by atoms with Crippen molar-refractivity contribution in [2.45, 2.75) is 6.54 Å². The van der Waals surface area contributed by atoms with Crippen LogP contribution in [0.5, 0.6) is 5.75 Å². The summed E-state index contributed by atoms with van der Waals surface area (Å²) in [6, 6.07) is 5.53. The zero-order valence-electron chi connectivity index (χ0n) is 10.2. The molecule has 0 radical (unpaired) electrons. The van der Waals surface area contributed by atoms with Crippen LogP contribution in [0.4, 0.5) is 5.69 Å². The number of aromatic nitrogens is 1. The largest absolute Gasteiger partial charge is 0.489 e. The average molecular weight is 275 g/mol. The number of benzene rings is 1. The lowest BCUT2D eigenvalue weighted by Gasteiger charge is -2.21. The Hall–Kier alpha value is -2.08. The van der Waals surface area contributed by atoms with Gasteiger partial charge in [-0.1, -0.05) is 6.07 Å². The van der Waals surface area contributed by atoms with Crippen molar-refractivity contribution in [1.29, 1.82) is 0 Å². The number of ether oxygens (including phenoxy) is 1. The molecule has 1 aliphatic heterocycles. The summed E-state index contributed by atoms with van der Waals surface area (Å²) >= 11 is 1.52. The number of anilines is 1. The Morgan fingerprint density at radius 2 is 2.47 bits per heavy atom. The van der Waals surface area contributed by atoms with Gasteiger partial charge in [-0.3, -0.25) is 9.78 Å². The van der Waals surface area contributed by atoms with E-state index in [9.17, 15) is 4.79 Å². The summed E-state index contributed by atoms with van der Waals surface area (Å²) in [5, 5.41) is 6.09. The van der Waals surface area contributed by atoms with Gasteiger partial charge in [0.05, 0.1) is 23.3 Å². The normalized spacial score (nSPS) is 13.1. The molecule has 1 aliphatic rings. The number of nitrogens with one attached hydrogen (secondary N) is 2. The molecule has 1 aromatic heterocycles. The second-order valence-electron chi connectivity index (χ2n) is 4.11. The highest BCUT2D eigenvalue weighted by atomic mass is 32.1. The Morgan fingerprint density at radius 3 is 3.32 bits per heavy atom. The topological polar surface area (TPSA) is 63.2 Å². The monoisotopic (exact) mass is 275 g/mol. The number of thiazole rings is 1. The van der Waals surface area contributed by atoms with Crippen molar-refractivity contribution in [3.05, 3.63) is 40.3 Å². The summed E-state index contributed by atoms with van der Waals surface area (Å²) < 4.78 is 5.58. The lowest BCUT2D eigenvalue weighted by molar-refractivity contribution is 0.0947. The maximum Gasteiger partial charge on any atom is 0.255 e. The van der Waals surface area contributed by atoms with Crippen molar-refractivity contribution in [1.82, 2.24) is 10.3 Å². The van der Waals surface area contributed by atoms with Crippen LogP contribution in [-0.2, 0) is 6.54 Å². The van der Waals surface area contributed by atoms with E-state index in [0.717, 1.165) is 17.1 Å². The van der Waals surface area contributed by atoms with Crippen molar-refractivity contribution in [2.75, 3.05) is 18.5 Å². The lowest BCUT2D eigenvalue weighted by Crippen LogP contribution is -2.25. The fourth-order valence-corrected chi connectivity index (χ4v) is 2.48. The molecule has 0 saturated carbocycles. The summed E-state index contributed by atoms with van der Waals surface area (Å²) in [7, 11) is 0. The molecule has 0 bridgehead atoms. The molecule has 0 spiro atoms. The molecule has 0 aliphatic carbocycles. The van der Waals surface area contributed by atoms with Crippen LogP contribution < -0.4 is 15.4 Å². The zero-order valence-corrected chi connectivity index (χ0v) is 11.0. The number of para-hydroxylation sites is 1. The molecule has 98 valence electrons. The van der Waals surface area contributed by atoms with Crippen LogP contribution in [0.3, 0.4) is 0 Å². The number of fused-ring (bicyclic) bond motifs is 1. The van der Waals surface area contributed by atoms with Crippen molar-refractivity contribution in [3.8, 4) is 5.75 Å². The molecule has 6 heteroatoms. The predicted octanol–water partition coefficient (Wildman–Crippen LogP) is 1.88. The van der Waals surface area contributed by atoms with Gasteiger partial charge in [0.15, 0.2) is 5.75 Å². The highest BCUT2D eigenvalue weighted by molar-refractivity contribution is 7.09. The Labute approximate surface area is 114 Å². The first kappa shape index (κ1) is 12.0. The molecule has 0 fully saturated rings. The molecule has 0 unspecified atom stereocenters. The Kier molecular flexibility index (Phi) is 3.33. The maximum atomic E-state index is 12.2. The minimum Gasteiger partial charge on any atom is -0.489 e. The number of amides is 1. The van der Waals surface area contributed by atoms with Crippen molar-refractivity contribution in [3.63, 3.8) is 0 Å². The Bertz CT molecular complexity index is 584. The third kappa shape index (κ3) is 2.53. The minimum atomic E-state index is -0.131. The minimum absolute atomic E-state index is 0.131. The van der Waals surface area contributed by atoms with Crippen LogP contribution in [0.25, 0.3) is 0 Å². The third-order valence-corrected chi connectivity index (χ3v) is 3.61. The summed E-state index contributed by atoms with van der Waals surface area (Å²) in [4.78, 5) is 17.2. The van der Waals surface area contributed by atoms with Gasteiger partial charge in [0.2, 0.25) is 0 Å². The van der Waals surface area contributed by atoms with Gasteiger partial charge in [0, 0.05) is 17.6 Å². The average Bonchev–Trinajstić information content (AvgIpc) is 2.97. The van der Waals surface area contributed by atoms with Gasteiger partial charge >= 0.3 is 0 Å². The Morgan fingerprint density at radius 1 is 1.53 bits per heavy atom. The Balaban J connectivity index is 1.76. The van der Waals surface area contributed by atoms with Crippen molar-refractivity contribution in [2.24, 2.45) is 0 Å². The predicted molar refractivity (Wildman–Crippen MR) is 73.7 cm³/mol. The molecule has 5 nitrogen and oxygen atoms in total. The van der Waals surface area contributed by atoms with E-state index in [4.69, 9.17) is 4.74 Å². The first-order valence-corrected chi connectivity index (χ1v) is 6.88. The zero-order chi connectivity index (χ0) is 13.1. The summed E-state index contributed by atoms with van der Waals surface area (Å²) in [5.74, 6) is 0.504. The molecule has 1 amide bonds. The first-order valence-electron chi connectivity index (χ1n) is 6.00. The van der Waals surface area contributed by atoms with Gasteiger partial charge < -0.3 is 15.4 Å². The molecule has 19 heavy (non-hydrogen) atoms. The number of carbonyl (C=O) groups is 1. The smallest absolute Gasteiger partial charge is 0.255 e. The number of carbonyl (C=O) groups excluding carboxylic acids is 1. The molecule has 2 aromatic rings. The highest BCUT2D eigenvalue weighted by Gasteiger charge is 2.18. The van der Waals surface area contributed by atoms with E-state index >= 15 is 0 Å². The van der Waals surface area contributed by atoms with E-state index in [-0.39, 0.29) is 5.91 Å². The van der Waals surface area contributed by atoms with Crippen LogP contribution in [0.2, 0.25) is 0 Å². The molecule has 2 N–H and O–H groups in total. The number of hydrogen-bond donors (Lipinski definition) is 2. The SMILES string of the molecule is O=C(NCc1cncs1)c1cccc2c1OCCN2. The van der Waals surface area contributed by atoms with Crippen LogP contribution in [0.15, 0.2) is 29.9 Å². The molecule has 0 saturated heterocycles. The van der Waals surface area contributed by atoms with Crippen LogP contribution in [0, 0.1) is 0 Å². The van der Waals surface area contributed by atoms with Gasteiger partial charge in [0.25, 0.3) is 5.91 Å². The number of rotatable bonds is 3. The van der Waals surface area contributed by atoms with E-state index in [0.29, 0.717) is 24.5 Å². The standard InChI is InChI=1S/C13H13N3O2S/c17-13(16-7-9-6-14-8-19-9)10-2-1-3-11-12(10)18-5-4-15-11/h1-3,6,8,15H,4-5,7H2,(H,16,17). The van der Waals surface area contributed by atoms with Gasteiger partial charge in [-0.2, -0.15) is 0 Å². The van der Waals surface area contributed by atoms with E-state index in [1.54, 1.807) is 17.8 Å². The maximum absolute atomic E-state index is 12.2. The van der Waals surface area contributed by atoms with Crippen LogP contribution in [0.1, 0.15) is 15.2 Å². The van der Waals surface area contributed by atoms with E-state index in [1.165, 1.54) is 11.3 Å². The first-order chi connectivity index (χ1) is 9.34. The van der Waals surface area contributed by atoms with E-state index in [1.807, 2.05) is 12.1 Å². The molecular formula is C13H13N3O2S. The number of hydrogen-bond acceptors (Lipinski definition) is 5. The van der Waals surface area contributed by atoms with Gasteiger partial charge in [-0.15, -0.1) is 11.3 Å². The lowest BCUT2D eigenvalue weighted by atomic mass is 10.1. The summed E-state index contributed by atoms with van der Waals surface area (Å²) in [5.41, 5.74) is 3.18. The molecule has 0 atom stereocenters. The van der Waals surface area contributed by atoms with Crippen LogP contribution in [-0.4, -0.2) is 24.0 Å². The summed E-state index contributed by atoms with van der Waals surface area (Å²) in [6.45, 7) is 1.83. The highest BCUT2D eigenvalue weighted by Crippen LogP contribution is 2.31. The van der Waals surface area contributed by atoms with E-state index in [2.05, 4.69) is 15.6 Å². The fraction of sp³-hybridized carbons (Fsp3) is 0.231. The van der Waals surface area contributed by atoms with Gasteiger partial charge in [0.1, 0.15) is 6.61 Å². The van der Waals surface area contributed by atoms with Crippen molar-refractivity contribution >= 4 is 22.9 Å². The number of nitrogens with zero attached hydrogens (tertiary/aromatic N) is 1. The third-order valence-electron chi connectivity index (χ3n) is 2.83. The van der Waals surface area contributed by atoms with Crippen molar-refractivity contribution < 1.29 is 9.53 Å². The van der Waals surface area contributed by atoms with Gasteiger partial charge in [-0.25, -0.2) is 0 Å². The molecule has 3 rings (SSSR count). The molecule has 1 aromatic carbocycles. The summed E-state index contributed by atoms with van der Waals surface area (Å²) in [6.07, 6.45) is 1.75. The fourth-order valence-electron chi connectivity index (χ4n) is 1.94. The van der Waals surface area contributed by atoms with Gasteiger partial charge in [-0.05, 0) is 12.1 Å². The molecule has 2 heterocycles.